The minimum absolute atomic E-state index is 0.169. The first-order valence-electron chi connectivity index (χ1n) is 3.63. The van der Waals surface area contributed by atoms with Crippen LogP contribution in [0.3, 0.4) is 0 Å². The topological polar surface area (TPSA) is 56.3 Å². The number of nitrogens with zero attached hydrogens (tertiary/aromatic N) is 1. The molecule has 86 valence electrons. The van der Waals surface area contributed by atoms with Crippen molar-refractivity contribution in [3.05, 3.63) is 16.6 Å². The lowest BCUT2D eigenvalue weighted by Crippen LogP contribution is -2.26. The number of rotatable bonds is 3. The summed E-state index contributed by atoms with van der Waals surface area (Å²) in [6.07, 6.45) is 0.108. The van der Waals surface area contributed by atoms with Crippen molar-refractivity contribution < 1.29 is 25.8 Å². The molecule has 0 spiro atoms. The highest BCUT2D eigenvalue weighted by atomic mass is 32.2. The van der Waals surface area contributed by atoms with Gasteiger partial charge in [-0.15, -0.1) is 11.3 Å². The van der Waals surface area contributed by atoms with E-state index in [0.29, 0.717) is 0 Å². The van der Waals surface area contributed by atoms with Crippen LogP contribution in [0.25, 0.3) is 0 Å². The van der Waals surface area contributed by atoms with Gasteiger partial charge in [-0.25, -0.2) is 4.98 Å². The van der Waals surface area contributed by atoms with Gasteiger partial charge in [0.25, 0.3) is 0 Å². The Hall–Kier alpha value is -0.670. The molecule has 0 N–H and O–H groups in total. The summed E-state index contributed by atoms with van der Waals surface area (Å²) in [4.78, 5) is 3.64. The number of hydrogen-bond acceptors (Lipinski definition) is 5. The molecule has 0 aliphatic heterocycles. The van der Waals surface area contributed by atoms with E-state index >= 15 is 0 Å². The Bertz CT molecular complexity index is 411. The van der Waals surface area contributed by atoms with Gasteiger partial charge < -0.3 is 0 Å². The maximum atomic E-state index is 11.9. The summed E-state index contributed by atoms with van der Waals surface area (Å²) in [5, 5.41) is 1.68. The van der Waals surface area contributed by atoms with Gasteiger partial charge in [-0.05, 0) is 6.92 Å². The second kappa shape index (κ2) is 4.06. The maximum absolute atomic E-state index is 11.9. The second-order valence-corrected chi connectivity index (χ2v) is 5.00. The van der Waals surface area contributed by atoms with Crippen LogP contribution in [-0.2, 0) is 14.3 Å². The smallest absolute Gasteiger partial charge is 0.253 e. The van der Waals surface area contributed by atoms with E-state index in [2.05, 4.69) is 9.17 Å². The fraction of sp³-hybridized carbons (Fsp3) is 0.500. The van der Waals surface area contributed by atoms with E-state index in [1.807, 2.05) is 0 Å². The van der Waals surface area contributed by atoms with Gasteiger partial charge in [0.05, 0.1) is 0 Å². The van der Waals surface area contributed by atoms with E-state index in [1.165, 1.54) is 18.5 Å². The first-order valence-corrected chi connectivity index (χ1v) is 5.92. The van der Waals surface area contributed by atoms with Crippen molar-refractivity contribution in [1.82, 2.24) is 4.98 Å². The van der Waals surface area contributed by atoms with Crippen LogP contribution in [0.15, 0.2) is 11.6 Å². The maximum Gasteiger partial charge on any atom is 0.523 e. The van der Waals surface area contributed by atoms with E-state index in [0.717, 1.165) is 11.3 Å². The monoisotopic (exact) mass is 261 g/mol. The molecule has 15 heavy (non-hydrogen) atoms. The SMILES string of the molecule is CC(OS(=O)(=O)C(F)(F)F)c1nccs1. The number of hydrogen-bond donors (Lipinski definition) is 0. The van der Waals surface area contributed by atoms with Gasteiger partial charge in [-0.3, -0.25) is 4.18 Å². The van der Waals surface area contributed by atoms with Gasteiger partial charge in [0.15, 0.2) is 0 Å². The van der Waals surface area contributed by atoms with Gasteiger partial charge >= 0.3 is 15.6 Å². The van der Waals surface area contributed by atoms with Crippen molar-refractivity contribution in [2.24, 2.45) is 0 Å². The van der Waals surface area contributed by atoms with Crippen molar-refractivity contribution in [2.75, 3.05) is 0 Å². The van der Waals surface area contributed by atoms with Gasteiger partial charge in [0, 0.05) is 11.6 Å². The van der Waals surface area contributed by atoms with Crippen LogP contribution in [0.4, 0.5) is 13.2 Å². The van der Waals surface area contributed by atoms with Gasteiger partial charge in [-0.2, -0.15) is 21.6 Å². The molecule has 0 bridgehead atoms. The summed E-state index contributed by atoms with van der Waals surface area (Å²) in [6, 6.07) is 0. The molecule has 1 heterocycles. The lowest BCUT2D eigenvalue weighted by molar-refractivity contribution is -0.0569. The van der Waals surface area contributed by atoms with Gasteiger partial charge in [-0.1, -0.05) is 0 Å². The highest BCUT2D eigenvalue weighted by Gasteiger charge is 2.48. The fourth-order valence-electron chi connectivity index (χ4n) is 0.721. The molecule has 0 radical (unpaired) electrons. The largest absolute Gasteiger partial charge is 0.523 e. The van der Waals surface area contributed by atoms with Crippen molar-refractivity contribution >= 4 is 21.5 Å². The predicted octanol–water partition coefficient (Wildman–Crippen LogP) is 2.07. The molecule has 1 unspecified atom stereocenters. The van der Waals surface area contributed by atoms with Crippen LogP contribution >= 0.6 is 11.3 Å². The molecule has 1 atom stereocenters. The van der Waals surface area contributed by atoms with Crippen LogP contribution in [0.5, 0.6) is 0 Å². The van der Waals surface area contributed by atoms with Crippen LogP contribution < -0.4 is 0 Å². The molecular weight excluding hydrogens is 255 g/mol. The van der Waals surface area contributed by atoms with Crippen molar-refractivity contribution in [1.29, 1.82) is 0 Å². The third-order valence-corrected chi connectivity index (χ3v) is 3.40. The van der Waals surface area contributed by atoms with E-state index < -0.39 is 21.7 Å². The Morgan fingerprint density at radius 1 is 1.53 bits per heavy atom. The lowest BCUT2D eigenvalue weighted by atomic mass is 10.4. The van der Waals surface area contributed by atoms with E-state index in [9.17, 15) is 21.6 Å². The second-order valence-electron chi connectivity index (χ2n) is 2.51. The molecule has 0 saturated heterocycles. The summed E-state index contributed by atoms with van der Waals surface area (Å²) in [5.41, 5.74) is -5.40. The number of halogens is 3. The molecule has 0 fully saturated rings. The zero-order valence-electron chi connectivity index (χ0n) is 7.35. The predicted molar refractivity (Wildman–Crippen MR) is 46.6 cm³/mol. The molecule has 1 aromatic heterocycles. The van der Waals surface area contributed by atoms with E-state index in [-0.39, 0.29) is 5.01 Å². The minimum Gasteiger partial charge on any atom is -0.253 e. The van der Waals surface area contributed by atoms with Crippen LogP contribution in [-0.4, -0.2) is 18.9 Å². The number of aromatic nitrogens is 1. The standard InChI is InChI=1S/C6H6F3NO3S2/c1-4(5-10-2-3-14-5)13-15(11,12)6(7,8)9/h2-4H,1H3. The number of thiazole rings is 1. The summed E-state index contributed by atoms with van der Waals surface area (Å²) in [6.45, 7) is 1.18. The lowest BCUT2D eigenvalue weighted by Gasteiger charge is -2.12. The quantitative estimate of drug-likeness (QED) is 0.617. The highest BCUT2D eigenvalue weighted by Crippen LogP contribution is 2.30. The Labute approximate surface area is 87.8 Å². The molecular formula is C6H6F3NO3S2. The van der Waals surface area contributed by atoms with Crippen LogP contribution in [0.2, 0.25) is 0 Å². The summed E-state index contributed by atoms with van der Waals surface area (Å²) < 4.78 is 60.8. The van der Waals surface area contributed by atoms with Gasteiger partial charge in [0.2, 0.25) is 0 Å². The third kappa shape index (κ3) is 2.89. The average Bonchev–Trinajstić information content (AvgIpc) is 2.51. The molecule has 1 rings (SSSR count). The van der Waals surface area contributed by atoms with Crippen LogP contribution in [0, 0.1) is 0 Å². The summed E-state index contributed by atoms with van der Waals surface area (Å²) >= 11 is 1.01. The molecule has 0 saturated carbocycles. The van der Waals surface area contributed by atoms with Crippen LogP contribution in [0.1, 0.15) is 18.0 Å². The Kier molecular flexibility index (Phi) is 3.36. The summed E-state index contributed by atoms with van der Waals surface area (Å²) in [7, 11) is -5.56. The highest BCUT2D eigenvalue weighted by molar-refractivity contribution is 7.87. The Morgan fingerprint density at radius 2 is 2.13 bits per heavy atom. The number of alkyl halides is 3. The average molecular weight is 261 g/mol. The molecule has 4 nitrogen and oxygen atoms in total. The zero-order valence-corrected chi connectivity index (χ0v) is 8.99. The Balaban J connectivity index is 2.80. The minimum atomic E-state index is -5.56. The van der Waals surface area contributed by atoms with Crippen molar-refractivity contribution in [3.8, 4) is 0 Å². The normalized spacial score (nSPS) is 15.2. The van der Waals surface area contributed by atoms with E-state index in [1.54, 1.807) is 0 Å². The molecule has 0 aliphatic carbocycles. The first-order chi connectivity index (χ1) is 6.74. The molecule has 0 amide bonds. The zero-order chi connectivity index (χ0) is 11.7. The van der Waals surface area contributed by atoms with Crippen molar-refractivity contribution in [3.63, 3.8) is 0 Å². The first kappa shape index (κ1) is 12.4. The fourth-order valence-corrected chi connectivity index (χ4v) is 1.98. The van der Waals surface area contributed by atoms with Crippen molar-refractivity contribution in [2.45, 2.75) is 18.5 Å². The molecule has 1 aromatic rings. The Morgan fingerprint density at radius 3 is 2.53 bits per heavy atom. The molecule has 0 aliphatic rings. The van der Waals surface area contributed by atoms with E-state index in [4.69, 9.17) is 0 Å². The molecule has 9 heteroatoms. The van der Waals surface area contributed by atoms with Gasteiger partial charge in [0.1, 0.15) is 11.1 Å². The summed E-state index contributed by atoms with van der Waals surface area (Å²) in [5.74, 6) is 0. The third-order valence-electron chi connectivity index (χ3n) is 1.35. The molecule has 0 aromatic carbocycles.